The Hall–Kier alpha value is -2.44. The zero-order chi connectivity index (χ0) is 19.3. The molecule has 1 amide bonds. The van der Waals surface area contributed by atoms with Gasteiger partial charge in [0.15, 0.2) is 5.17 Å². The summed E-state index contributed by atoms with van der Waals surface area (Å²) in [7, 11) is 0. The molecule has 2 aliphatic rings. The van der Waals surface area contributed by atoms with Crippen molar-refractivity contribution in [3.8, 4) is 11.5 Å². The van der Waals surface area contributed by atoms with E-state index >= 15 is 0 Å². The monoisotopic (exact) mass is 414 g/mol. The van der Waals surface area contributed by atoms with Crippen molar-refractivity contribution in [3.63, 3.8) is 0 Å². The molecular formula is C21H19ClN2O3S. The number of amidine groups is 1. The molecule has 0 aliphatic carbocycles. The molecule has 0 aromatic heterocycles. The molecule has 2 aromatic rings. The molecule has 2 aliphatic heterocycles. The van der Waals surface area contributed by atoms with Crippen LogP contribution in [0.4, 0.5) is 0 Å². The van der Waals surface area contributed by atoms with Gasteiger partial charge in [0.25, 0.3) is 5.91 Å². The summed E-state index contributed by atoms with van der Waals surface area (Å²) in [5.74, 6) is 2.51. The summed E-state index contributed by atoms with van der Waals surface area (Å²) in [5, 5.41) is 1.50. The van der Waals surface area contributed by atoms with E-state index in [1.807, 2.05) is 42.5 Å². The summed E-state index contributed by atoms with van der Waals surface area (Å²) in [4.78, 5) is 18.6. The summed E-state index contributed by atoms with van der Waals surface area (Å²) in [6.07, 6.45) is 2.83. The number of benzene rings is 2. The second kappa shape index (κ2) is 8.71. The van der Waals surface area contributed by atoms with Gasteiger partial charge in [-0.25, -0.2) is 4.99 Å². The molecule has 0 bridgehead atoms. The molecule has 5 nitrogen and oxygen atoms in total. The molecule has 0 radical (unpaired) electrons. The first-order valence-electron chi connectivity index (χ1n) is 9.05. The minimum atomic E-state index is -0.0122. The van der Waals surface area contributed by atoms with Gasteiger partial charge in [0.05, 0.1) is 0 Å². The van der Waals surface area contributed by atoms with E-state index in [1.165, 1.54) is 0 Å². The van der Waals surface area contributed by atoms with E-state index in [0.29, 0.717) is 23.9 Å². The van der Waals surface area contributed by atoms with Gasteiger partial charge in [-0.05, 0) is 54.5 Å². The molecule has 1 saturated heterocycles. The van der Waals surface area contributed by atoms with Crippen LogP contribution in [-0.2, 0) is 4.79 Å². The fourth-order valence-corrected chi connectivity index (χ4v) is 3.97. The molecule has 7 heteroatoms. The number of amides is 1. The van der Waals surface area contributed by atoms with Crippen LogP contribution in [0.2, 0.25) is 5.02 Å². The first-order valence-corrected chi connectivity index (χ1v) is 10.4. The number of hydrogen-bond donors (Lipinski definition) is 0. The standard InChI is InChI=1S/C21H19ClN2O3S/c22-16-4-8-18(9-5-16)27-12-11-26-17-6-2-15(3-7-17)14-19-20(25)24-10-1-13-28-21(24)23-19/h2-9,14H,1,10-13H2/b19-14-. The Bertz CT molecular complexity index is 910. The van der Waals surface area contributed by atoms with Crippen molar-refractivity contribution in [2.45, 2.75) is 6.42 Å². The second-order valence-electron chi connectivity index (χ2n) is 6.30. The van der Waals surface area contributed by atoms with Gasteiger partial charge in [-0.3, -0.25) is 9.69 Å². The number of aliphatic imine (C=N–C) groups is 1. The van der Waals surface area contributed by atoms with E-state index in [0.717, 1.165) is 40.9 Å². The summed E-state index contributed by atoms with van der Waals surface area (Å²) < 4.78 is 11.3. The third-order valence-electron chi connectivity index (χ3n) is 4.29. The van der Waals surface area contributed by atoms with E-state index in [9.17, 15) is 4.79 Å². The van der Waals surface area contributed by atoms with Crippen molar-refractivity contribution >= 4 is 40.5 Å². The van der Waals surface area contributed by atoms with Gasteiger partial charge in [0.1, 0.15) is 30.4 Å². The zero-order valence-corrected chi connectivity index (χ0v) is 16.7. The van der Waals surface area contributed by atoms with E-state index in [2.05, 4.69) is 4.99 Å². The van der Waals surface area contributed by atoms with Crippen LogP contribution >= 0.6 is 23.4 Å². The second-order valence-corrected chi connectivity index (χ2v) is 7.80. The van der Waals surface area contributed by atoms with Gasteiger partial charge >= 0.3 is 0 Å². The average molecular weight is 415 g/mol. The van der Waals surface area contributed by atoms with Crippen molar-refractivity contribution in [1.29, 1.82) is 0 Å². The highest BCUT2D eigenvalue weighted by molar-refractivity contribution is 8.13. The van der Waals surface area contributed by atoms with Gasteiger partial charge in [-0.15, -0.1) is 0 Å². The van der Waals surface area contributed by atoms with E-state index in [1.54, 1.807) is 28.8 Å². The Morgan fingerprint density at radius 3 is 2.32 bits per heavy atom. The Morgan fingerprint density at radius 1 is 1.04 bits per heavy atom. The average Bonchev–Trinajstić information content (AvgIpc) is 3.04. The Kier molecular flexibility index (Phi) is 5.88. The van der Waals surface area contributed by atoms with Crippen molar-refractivity contribution in [3.05, 3.63) is 64.8 Å². The predicted octanol–water partition coefficient (Wildman–Crippen LogP) is 4.47. The highest BCUT2D eigenvalue weighted by atomic mass is 35.5. The topological polar surface area (TPSA) is 51.1 Å². The number of hydrogen-bond acceptors (Lipinski definition) is 5. The maximum Gasteiger partial charge on any atom is 0.278 e. The number of fused-ring (bicyclic) bond motifs is 1. The quantitative estimate of drug-likeness (QED) is 0.516. The summed E-state index contributed by atoms with van der Waals surface area (Å²) >= 11 is 7.49. The molecule has 0 unspecified atom stereocenters. The molecule has 144 valence electrons. The first kappa shape index (κ1) is 18.9. The Morgan fingerprint density at radius 2 is 1.68 bits per heavy atom. The molecule has 0 atom stereocenters. The number of thioether (sulfide) groups is 1. The molecule has 0 saturated carbocycles. The number of rotatable bonds is 6. The van der Waals surface area contributed by atoms with Crippen LogP contribution < -0.4 is 9.47 Å². The van der Waals surface area contributed by atoms with Crippen LogP contribution in [0.1, 0.15) is 12.0 Å². The highest BCUT2D eigenvalue weighted by Gasteiger charge is 2.32. The third-order valence-corrected chi connectivity index (χ3v) is 5.60. The Balaban J connectivity index is 1.30. The molecular weight excluding hydrogens is 396 g/mol. The number of carbonyl (C=O) groups is 1. The SMILES string of the molecule is O=C1/C(=C/c2ccc(OCCOc3ccc(Cl)cc3)cc2)N=C2SCCCN12. The Labute approximate surface area is 173 Å². The van der Waals surface area contributed by atoms with Gasteiger partial charge in [0.2, 0.25) is 0 Å². The largest absolute Gasteiger partial charge is 0.490 e. The molecule has 0 N–H and O–H groups in total. The normalized spacial score (nSPS) is 17.5. The molecule has 4 rings (SSSR count). The zero-order valence-electron chi connectivity index (χ0n) is 15.1. The lowest BCUT2D eigenvalue weighted by Gasteiger charge is -2.21. The van der Waals surface area contributed by atoms with E-state index in [-0.39, 0.29) is 5.91 Å². The smallest absolute Gasteiger partial charge is 0.278 e. The predicted molar refractivity (Wildman–Crippen MR) is 113 cm³/mol. The minimum absolute atomic E-state index is 0.0122. The summed E-state index contributed by atoms with van der Waals surface area (Å²) in [6, 6.07) is 14.8. The van der Waals surface area contributed by atoms with Crippen LogP contribution in [-0.4, -0.2) is 41.5 Å². The van der Waals surface area contributed by atoms with Crippen LogP contribution in [0.5, 0.6) is 11.5 Å². The van der Waals surface area contributed by atoms with E-state index in [4.69, 9.17) is 21.1 Å². The van der Waals surface area contributed by atoms with Crippen LogP contribution in [0.15, 0.2) is 59.2 Å². The van der Waals surface area contributed by atoms with Gasteiger partial charge in [0, 0.05) is 17.3 Å². The van der Waals surface area contributed by atoms with Crippen LogP contribution in [0, 0.1) is 0 Å². The lowest BCUT2D eigenvalue weighted by molar-refractivity contribution is -0.122. The van der Waals surface area contributed by atoms with Crippen molar-refractivity contribution in [1.82, 2.24) is 4.90 Å². The molecule has 1 fully saturated rings. The van der Waals surface area contributed by atoms with E-state index < -0.39 is 0 Å². The van der Waals surface area contributed by atoms with Crippen LogP contribution in [0.3, 0.4) is 0 Å². The van der Waals surface area contributed by atoms with Crippen LogP contribution in [0.25, 0.3) is 6.08 Å². The molecule has 2 aromatic carbocycles. The number of ether oxygens (including phenoxy) is 2. The maximum absolute atomic E-state index is 12.4. The van der Waals surface area contributed by atoms with Crippen molar-refractivity contribution in [2.75, 3.05) is 25.5 Å². The fraction of sp³-hybridized carbons (Fsp3) is 0.238. The minimum Gasteiger partial charge on any atom is -0.490 e. The highest BCUT2D eigenvalue weighted by Crippen LogP contribution is 2.28. The number of carbonyl (C=O) groups excluding carboxylic acids is 1. The van der Waals surface area contributed by atoms with Crippen molar-refractivity contribution in [2.24, 2.45) is 4.99 Å². The first-order chi connectivity index (χ1) is 13.7. The fourth-order valence-electron chi connectivity index (χ4n) is 2.89. The maximum atomic E-state index is 12.4. The third kappa shape index (κ3) is 4.51. The molecule has 28 heavy (non-hydrogen) atoms. The number of nitrogens with zero attached hydrogens (tertiary/aromatic N) is 2. The number of halogens is 1. The lowest BCUT2D eigenvalue weighted by Crippen LogP contribution is -2.34. The molecule has 2 heterocycles. The molecule has 0 spiro atoms. The van der Waals surface area contributed by atoms with Gasteiger partial charge in [-0.2, -0.15) is 0 Å². The summed E-state index contributed by atoms with van der Waals surface area (Å²) in [6.45, 7) is 1.63. The van der Waals surface area contributed by atoms with Gasteiger partial charge in [-0.1, -0.05) is 35.5 Å². The van der Waals surface area contributed by atoms with Gasteiger partial charge < -0.3 is 9.47 Å². The van der Waals surface area contributed by atoms with Crippen molar-refractivity contribution < 1.29 is 14.3 Å². The lowest BCUT2D eigenvalue weighted by atomic mass is 10.2. The summed E-state index contributed by atoms with van der Waals surface area (Å²) in [5.41, 5.74) is 1.41.